The Kier molecular flexibility index (Phi) is 4.19. The van der Waals surface area contributed by atoms with Gasteiger partial charge >= 0.3 is 0 Å². The van der Waals surface area contributed by atoms with E-state index in [0.29, 0.717) is 10.6 Å². The summed E-state index contributed by atoms with van der Waals surface area (Å²) in [6.07, 6.45) is 5.91. The molecule has 2 rings (SSSR count). The van der Waals surface area contributed by atoms with Crippen molar-refractivity contribution in [3.8, 4) is 0 Å². The zero-order chi connectivity index (χ0) is 13.4. The fourth-order valence-corrected chi connectivity index (χ4v) is 2.80. The molecule has 1 aliphatic carbocycles. The van der Waals surface area contributed by atoms with Crippen LogP contribution >= 0.6 is 34.2 Å². The minimum Gasteiger partial charge on any atom is -0.370 e. The first-order chi connectivity index (χ1) is 8.38. The Morgan fingerprint density at radius 2 is 1.89 bits per heavy atom. The molecule has 0 unspecified atom stereocenters. The second-order valence-corrected chi connectivity index (χ2v) is 7.22. The molecular weight excluding hydrogens is 363 g/mol. The maximum Gasteiger partial charge on any atom is 0.161 e. The van der Waals surface area contributed by atoms with E-state index in [1.807, 2.05) is 0 Å². The Morgan fingerprint density at radius 1 is 1.28 bits per heavy atom. The van der Waals surface area contributed by atoms with Gasteiger partial charge in [0, 0.05) is 13.3 Å². The van der Waals surface area contributed by atoms with Gasteiger partial charge in [-0.1, -0.05) is 25.4 Å². The van der Waals surface area contributed by atoms with Gasteiger partial charge in [-0.05, 0) is 53.7 Å². The molecule has 0 spiro atoms. The average Bonchev–Trinajstić information content (AvgIpc) is 2.34. The highest BCUT2D eigenvalue weighted by atomic mass is 127. The molecule has 1 heterocycles. The lowest BCUT2D eigenvalue weighted by Crippen LogP contribution is -2.38. The first-order valence-corrected chi connectivity index (χ1v) is 7.58. The molecule has 1 saturated carbocycles. The molecule has 0 atom stereocenters. The van der Waals surface area contributed by atoms with Crippen molar-refractivity contribution in [1.82, 2.24) is 9.97 Å². The van der Waals surface area contributed by atoms with Crippen LogP contribution in [0.15, 0.2) is 6.20 Å². The van der Waals surface area contributed by atoms with Crippen LogP contribution < -0.4 is 0 Å². The van der Waals surface area contributed by atoms with Crippen molar-refractivity contribution in [3.05, 3.63) is 20.7 Å². The van der Waals surface area contributed by atoms with E-state index in [1.165, 1.54) is 0 Å². The van der Waals surface area contributed by atoms with Crippen LogP contribution in [0, 0.1) is 8.99 Å². The smallest absolute Gasteiger partial charge is 0.161 e. The Bertz CT molecular complexity index is 441. The Morgan fingerprint density at radius 3 is 2.39 bits per heavy atom. The molecule has 0 bridgehead atoms. The second-order valence-electron chi connectivity index (χ2n) is 5.69. The number of aromatic nitrogens is 2. The van der Waals surface area contributed by atoms with Gasteiger partial charge in [0.1, 0.15) is 10.8 Å². The molecule has 1 aromatic heterocycles. The number of ether oxygens (including phenoxy) is 1. The molecule has 0 aromatic carbocycles. The van der Waals surface area contributed by atoms with E-state index in [9.17, 15) is 0 Å². The van der Waals surface area contributed by atoms with Gasteiger partial charge in [0.25, 0.3) is 0 Å². The minimum atomic E-state index is -0.358. The molecule has 0 amide bonds. The standard InChI is InChI=1S/C13H18ClIN2O/c1-12(2)4-6-13(18-3,7-5-12)11-16-8-9(15)10(14)17-11/h8H,4-7H2,1-3H3. The fourth-order valence-electron chi connectivity index (χ4n) is 2.42. The van der Waals surface area contributed by atoms with Gasteiger partial charge in [-0.15, -0.1) is 0 Å². The first kappa shape index (κ1) is 14.5. The zero-order valence-electron chi connectivity index (χ0n) is 11.0. The van der Waals surface area contributed by atoms with Crippen LogP contribution in [0.2, 0.25) is 5.15 Å². The van der Waals surface area contributed by atoms with E-state index >= 15 is 0 Å². The van der Waals surface area contributed by atoms with Crippen molar-refractivity contribution in [1.29, 1.82) is 0 Å². The van der Waals surface area contributed by atoms with Crippen LogP contribution in [-0.2, 0) is 10.3 Å². The van der Waals surface area contributed by atoms with Crippen LogP contribution in [0.25, 0.3) is 0 Å². The van der Waals surface area contributed by atoms with E-state index in [-0.39, 0.29) is 5.60 Å². The van der Waals surface area contributed by atoms with Crippen LogP contribution in [0.1, 0.15) is 45.4 Å². The molecule has 18 heavy (non-hydrogen) atoms. The summed E-state index contributed by atoms with van der Waals surface area (Å²) >= 11 is 8.23. The Balaban J connectivity index is 2.30. The number of hydrogen-bond acceptors (Lipinski definition) is 3. The van der Waals surface area contributed by atoms with Crippen LogP contribution in [-0.4, -0.2) is 17.1 Å². The van der Waals surface area contributed by atoms with Gasteiger partial charge in [0.05, 0.1) is 3.57 Å². The third-order valence-corrected chi connectivity index (χ3v) is 5.31. The van der Waals surface area contributed by atoms with E-state index < -0.39 is 0 Å². The lowest BCUT2D eigenvalue weighted by Gasteiger charge is -2.41. The van der Waals surface area contributed by atoms with Gasteiger partial charge in [0.2, 0.25) is 0 Å². The summed E-state index contributed by atoms with van der Waals surface area (Å²) in [6, 6.07) is 0. The highest BCUT2D eigenvalue weighted by molar-refractivity contribution is 14.1. The molecule has 1 aliphatic rings. The SMILES string of the molecule is COC1(c2ncc(I)c(Cl)n2)CCC(C)(C)CC1. The molecule has 1 aromatic rings. The van der Waals surface area contributed by atoms with Gasteiger partial charge in [0.15, 0.2) is 5.82 Å². The summed E-state index contributed by atoms with van der Waals surface area (Å²) in [7, 11) is 1.74. The quantitative estimate of drug-likeness (QED) is 0.570. The minimum absolute atomic E-state index is 0.358. The third-order valence-electron chi connectivity index (χ3n) is 3.91. The summed E-state index contributed by atoms with van der Waals surface area (Å²) in [5, 5.41) is 0.516. The van der Waals surface area contributed by atoms with Crippen LogP contribution in [0.5, 0.6) is 0 Å². The van der Waals surface area contributed by atoms with Crippen molar-refractivity contribution in [3.63, 3.8) is 0 Å². The number of rotatable bonds is 2. The van der Waals surface area contributed by atoms with Gasteiger partial charge < -0.3 is 4.74 Å². The fraction of sp³-hybridized carbons (Fsp3) is 0.692. The predicted octanol–water partition coefficient (Wildman–Crippen LogP) is 4.18. The Labute approximate surface area is 127 Å². The summed E-state index contributed by atoms with van der Waals surface area (Å²) in [6.45, 7) is 4.60. The lowest BCUT2D eigenvalue weighted by atomic mass is 9.70. The number of methoxy groups -OCH3 is 1. The van der Waals surface area contributed by atoms with E-state index in [1.54, 1.807) is 13.3 Å². The third kappa shape index (κ3) is 2.80. The normalized spacial score (nSPS) is 21.8. The molecule has 5 heteroatoms. The van der Waals surface area contributed by atoms with E-state index in [0.717, 1.165) is 35.1 Å². The predicted molar refractivity (Wildman–Crippen MR) is 80.7 cm³/mol. The van der Waals surface area contributed by atoms with E-state index in [4.69, 9.17) is 16.3 Å². The lowest BCUT2D eigenvalue weighted by molar-refractivity contribution is -0.0729. The molecular formula is C13H18ClIN2O. The second kappa shape index (κ2) is 5.21. The molecule has 100 valence electrons. The molecule has 0 saturated heterocycles. The monoisotopic (exact) mass is 380 g/mol. The van der Waals surface area contributed by atoms with Crippen molar-refractivity contribution in [2.45, 2.75) is 45.1 Å². The van der Waals surface area contributed by atoms with Gasteiger partial charge in [-0.25, -0.2) is 9.97 Å². The summed E-state index contributed by atoms with van der Waals surface area (Å²) in [5.74, 6) is 0.728. The maximum absolute atomic E-state index is 6.09. The largest absolute Gasteiger partial charge is 0.370 e. The van der Waals surface area contributed by atoms with Gasteiger partial charge in [-0.3, -0.25) is 0 Å². The average molecular weight is 381 g/mol. The highest BCUT2D eigenvalue weighted by Gasteiger charge is 2.42. The molecule has 0 aliphatic heterocycles. The maximum atomic E-state index is 6.09. The van der Waals surface area contributed by atoms with Crippen molar-refractivity contribution >= 4 is 34.2 Å². The van der Waals surface area contributed by atoms with Gasteiger partial charge in [-0.2, -0.15) is 0 Å². The Hall–Kier alpha value is 0.0600. The molecule has 3 nitrogen and oxygen atoms in total. The zero-order valence-corrected chi connectivity index (χ0v) is 13.9. The summed E-state index contributed by atoms with van der Waals surface area (Å²) in [4.78, 5) is 8.83. The molecule has 1 fully saturated rings. The van der Waals surface area contributed by atoms with Crippen LogP contribution in [0.4, 0.5) is 0 Å². The number of halogens is 2. The highest BCUT2D eigenvalue weighted by Crippen LogP contribution is 2.46. The van der Waals surface area contributed by atoms with E-state index in [2.05, 4.69) is 46.4 Å². The number of hydrogen-bond donors (Lipinski definition) is 0. The van der Waals surface area contributed by atoms with Crippen molar-refractivity contribution in [2.24, 2.45) is 5.41 Å². The van der Waals surface area contributed by atoms with Crippen molar-refractivity contribution in [2.75, 3.05) is 7.11 Å². The first-order valence-electron chi connectivity index (χ1n) is 6.12. The molecule has 0 radical (unpaired) electrons. The van der Waals surface area contributed by atoms with Crippen LogP contribution in [0.3, 0.4) is 0 Å². The summed E-state index contributed by atoms with van der Waals surface area (Å²) in [5.41, 5.74) is 0.0263. The number of nitrogens with zero attached hydrogens (tertiary/aromatic N) is 2. The molecule has 0 N–H and O–H groups in total. The summed E-state index contributed by atoms with van der Waals surface area (Å²) < 4.78 is 6.64. The topological polar surface area (TPSA) is 35.0 Å². The van der Waals surface area contributed by atoms with Crippen molar-refractivity contribution < 1.29 is 4.74 Å².